The van der Waals surface area contributed by atoms with Gasteiger partial charge in [-0.15, -0.1) is 0 Å². The molecule has 124 valence electrons. The summed E-state index contributed by atoms with van der Waals surface area (Å²) in [5.74, 6) is -0.971. The topological polar surface area (TPSA) is 145 Å². The minimum atomic E-state index is -1.14. The standard InChI is InChI=1S/C8H12N2O.C6H8N4O2/c9-5-4-8(11)10-6-2-1-3-7-10;1-8-5-3(6(11)12)4(7)9-2-10-5/h1-4,6-7H2;2H,1H3,(H,11,12)(H3,7,8,9,10). The Bertz CT molecular complexity index is 593. The maximum Gasteiger partial charge on any atom is 0.343 e. The zero-order chi connectivity index (χ0) is 17.2. The maximum absolute atomic E-state index is 11.1. The van der Waals surface area contributed by atoms with E-state index < -0.39 is 5.97 Å². The summed E-state index contributed by atoms with van der Waals surface area (Å²) in [6.45, 7) is 1.70. The second-order valence-electron chi connectivity index (χ2n) is 4.81. The van der Waals surface area contributed by atoms with E-state index in [0.717, 1.165) is 25.9 Å². The second kappa shape index (κ2) is 9.19. The van der Waals surface area contributed by atoms with E-state index in [1.54, 1.807) is 11.9 Å². The Balaban J connectivity index is 0.000000231. The molecular formula is C14H20N6O3. The number of carbonyl (C=O) groups excluding carboxylic acids is 1. The molecule has 0 radical (unpaired) electrons. The van der Waals surface area contributed by atoms with E-state index in [0.29, 0.717) is 0 Å². The molecule has 1 fully saturated rings. The molecule has 0 aromatic carbocycles. The summed E-state index contributed by atoms with van der Waals surface area (Å²) in [6, 6.07) is 1.87. The third-order valence-electron chi connectivity index (χ3n) is 3.27. The van der Waals surface area contributed by atoms with Crippen molar-refractivity contribution in [2.45, 2.75) is 25.7 Å². The molecule has 23 heavy (non-hydrogen) atoms. The molecule has 0 spiro atoms. The summed E-state index contributed by atoms with van der Waals surface area (Å²) in [7, 11) is 1.56. The van der Waals surface area contributed by atoms with E-state index in [2.05, 4.69) is 15.3 Å². The van der Waals surface area contributed by atoms with Crippen molar-refractivity contribution < 1.29 is 14.7 Å². The first kappa shape index (κ1) is 18.2. The number of carboxylic acid groups (broad SMARTS) is 1. The van der Waals surface area contributed by atoms with Gasteiger partial charge in [0.1, 0.15) is 29.9 Å². The van der Waals surface area contributed by atoms with Gasteiger partial charge in [0.25, 0.3) is 0 Å². The fraction of sp³-hybridized carbons (Fsp3) is 0.500. The lowest BCUT2D eigenvalue weighted by Crippen LogP contribution is -2.35. The van der Waals surface area contributed by atoms with E-state index in [9.17, 15) is 9.59 Å². The molecule has 9 nitrogen and oxygen atoms in total. The highest BCUT2D eigenvalue weighted by molar-refractivity contribution is 5.97. The fourth-order valence-corrected chi connectivity index (χ4v) is 2.12. The summed E-state index contributed by atoms with van der Waals surface area (Å²) in [6.07, 6.45) is 4.65. The number of hydrogen-bond donors (Lipinski definition) is 3. The van der Waals surface area contributed by atoms with Crippen molar-refractivity contribution in [3.8, 4) is 6.07 Å². The lowest BCUT2D eigenvalue weighted by Gasteiger charge is -2.25. The molecule has 9 heteroatoms. The molecule has 0 atom stereocenters. The Hall–Kier alpha value is -2.89. The average Bonchev–Trinajstić information content (AvgIpc) is 2.55. The molecule has 1 aliphatic rings. The van der Waals surface area contributed by atoms with Crippen LogP contribution >= 0.6 is 0 Å². The number of likely N-dealkylation sites (tertiary alicyclic amines) is 1. The molecule has 1 amide bonds. The Kier molecular flexibility index (Phi) is 7.26. The zero-order valence-corrected chi connectivity index (χ0v) is 12.9. The van der Waals surface area contributed by atoms with Gasteiger partial charge in [-0.25, -0.2) is 14.8 Å². The summed E-state index contributed by atoms with van der Waals surface area (Å²) < 4.78 is 0. The lowest BCUT2D eigenvalue weighted by molar-refractivity contribution is -0.130. The molecule has 0 aliphatic carbocycles. The van der Waals surface area contributed by atoms with Gasteiger partial charge in [0, 0.05) is 20.1 Å². The van der Waals surface area contributed by atoms with Crippen LogP contribution in [0.2, 0.25) is 0 Å². The van der Waals surface area contributed by atoms with E-state index in [1.807, 2.05) is 6.07 Å². The average molecular weight is 320 g/mol. The summed E-state index contributed by atoms with van der Waals surface area (Å²) >= 11 is 0. The minimum absolute atomic E-state index is 0.00722. The van der Waals surface area contributed by atoms with Crippen LogP contribution < -0.4 is 11.1 Å². The Morgan fingerprint density at radius 2 is 2.04 bits per heavy atom. The Morgan fingerprint density at radius 1 is 1.39 bits per heavy atom. The van der Waals surface area contributed by atoms with E-state index in [1.165, 1.54) is 12.7 Å². The monoisotopic (exact) mass is 320 g/mol. The van der Waals surface area contributed by atoms with Crippen molar-refractivity contribution in [2.75, 3.05) is 31.2 Å². The van der Waals surface area contributed by atoms with Gasteiger partial charge in [0.15, 0.2) is 0 Å². The second-order valence-corrected chi connectivity index (χ2v) is 4.81. The van der Waals surface area contributed by atoms with Crippen LogP contribution in [0.5, 0.6) is 0 Å². The minimum Gasteiger partial charge on any atom is -0.477 e. The molecule has 1 aliphatic heterocycles. The normalized spacial score (nSPS) is 13.3. The Morgan fingerprint density at radius 3 is 2.52 bits per heavy atom. The highest BCUT2D eigenvalue weighted by Crippen LogP contribution is 2.15. The van der Waals surface area contributed by atoms with Crippen molar-refractivity contribution in [1.29, 1.82) is 5.26 Å². The number of aromatic carboxylic acids is 1. The number of rotatable bonds is 3. The van der Waals surface area contributed by atoms with Crippen LogP contribution in [0, 0.1) is 11.3 Å². The number of carbonyl (C=O) groups is 2. The maximum atomic E-state index is 11.1. The Labute approximate surface area is 134 Å². The van der Waals surface area contributed by atoms with Crippen LogP contribution in [0.1, 0.15) is 36.0 Å². The number of nitrogen functional groups attached to an aromatic ring is 1. The molecule has 2 rings (SSSR count). The zero-order valence-electron chi connectivity index (χ0n) is 12.9. The molecule has 1 saturated heterocycles. The number of nitriles is 1. The molecule has 1 aromatic heterocycles. The van der Waals surface area contributed by atoms with Gasteiger partial charge >= 0.3 is 5.97 Å². The van der Waals surface area contributed by atoms with Gasteiger partial charge in [-0.1, -0.05) is 0 Å². The number of amides is 1. The number of hydrogen-bond acceptors (Lipinski definition) is 7. The number of nitrogens with one attached hydrogen (secondary N) is 1. The predicted octanol–water partition coefficient (Wildman–Crippen LogP) is 0.711. The van der Waals surface area contributed by atoms with Crippen LogP contribution in [0.15, 0.2) is 6.33 Å². The molecule has 1 aromatic rings. The van der Waals surface area contributed by atoms with Crippen LogP contribution in [-0.4, -0.2) is 52.0 Å². The first-order valence-electron chi connectivity index (χ1n) is 7.17. The van der Waals surface area contributed by atoms with Crippen molar-refractivity contribution in [1.82, 2.24) is 14.9 Å². The number of piperidine rings is 1. The molecule has 0 saturated carbocycles. The molecule has 0 unspecified atom stereocenters. The first-order chi connectivity index (χ1) is 11.0. The molecule has 2 heterocycles. The molecular weight excluding hydrogens is 300 g/mol. The number of nitrogens with zero attached hydrogens (tertiary/aromatic N) is 4. The molecule has 4 N–H and O–H groups in total. The quantitative estimate of drug-likeness (QED) is 0.738. The van der Waals surface area contributed by atoms with Crippen LogP contribution in [-0.2, 0) is 4.79 Å². The summed E-state index contributed by atoms with van der Waals surface area (Å²) in [5.41, 5.74) is 5.23. The van der Waals surface area contributed by atoms with Gasteiger partial charge in [0.2, 0.25) is 5.91 Å². The number of aromatic nitrogens is 2. The van der Waals surface area contributed by atoms with Crippen molar-refractivity contribution in [3.63, 3.8) is 0 Å². The van der Waals surface area contributed by atoms with E-state index >= 15 is 0 Å². The van der Waals surface area contributed by atoms with Gasteiger partial charge in [-0.2, -0.15) is 5.26 Å². The lowest BCUT2D eigenvalue weighted by atomic mass is 10.1. The van der Waals surface area contributed by atoms with Crippen molar-refractivity contribution in [2.24, 2.45) is 0 Å². The third-order valence-corrected chi connectivity index (χ3v) is 3.27. The van der Waals surface area contributed by atoms with E-state index in [4.69, 9.17) is 16.1 Å². The summed E-state index contributed by atoms with van der Waals surface area (Å²) in [4.78, 5) is 30.7. The van der Waals surface area contributed by atoms with Crippen LogP contribution in [0.25, 0.3) is 0 Å². The van der Waals surface area contributed by atoms with Crippen LogP contribution in [0.3, 0.4) is 0 Å². The number of anilines is 2. The first-order valence-corrected chi connectivity index (χ1v) is 7.17. The van der Waals surface area contributed by atoms with Gasteiger partial charge in [-0.05, 0) is 19.3 Å². The number of nitrogens with two attached hydrogens (primary N) is 1. The van der Waals surface area contributed by atoms with E-state index in [-0.39, 0.29) is 29.5 Å². The van der Waals surface area contributed by atoms with Crippen molar-refractivity contribution in [3.05, 3.63) is 11.9 Å². The van der Waals surface area contributed by atoms with Crippen LogP contribution in [0.4, 0.5) is 11.6 Å². The highest BCUT2D eigenvalue weighted by atomic mass is 16.4. The van der Waals surface area contributed by atoms with Gasteiger partial charge in [-0.3, -0.25) is 4.79 Å². The van der Waals surface area contributed by atoms with Crippen molar-refractivity contribution >= 4 is 23.5 Å². The summed E-state index contributed by atoms with van der Waals surface area (Å²) in [5, 5.41) is 19.6. The molecule has 0 bridgehead atoms. The number of carboxylic acids is 1. The predicted molar refractivity (Wildman–Crippen MR) is 83.6 cm³/mol. The van der Waals surface area contributed by atoms with Gasteiger partial charge in [0.05, 0.1) is 6.07 Å². The third kappa shape index (κ3) is 5.43. The largest absolute Gasteiger partial charge is 0.477 e. The fourth-order valence-electron chi connectivity index (χ4n) is 2.12. The smallest absolute Gasteiger partial charge is 0.343 e. The highest BCUT2D eigenvalue weighted by Gasteiger charge is 2.15. The van der Waals surface area contributed by atoms with Gasteiger partial charge < -0.3 is 21.1 Å². The SMILES string of the molecule is CNc1ncnc(N)c1C(=O)O.N#CCC(=O)N1CCCCC1.